The molecule has 27 heavy (non-hydrogen) atoms. The van der Waals surface area contributed by atoms with E-state index in [-0.39, 0.29) is 12.3 Å². The van der Waals surface area contributed by atoms with Crippen LogP contribution in [0.3, 0.4) is 0 Å². The van der Waals surface area contributed by atoms with Crippen molar-refractivity contribution >= 4 is 55.5 Å². The highest BCUT2D eigenvalue weighted by atomic mass is 127. The summed E-state index contributed by atoms with van der Waals surface area (Å²) in [5, 5.41) is 5.91. The average molecular weight is 515 g/mol. The molecule has 1 aliphatic rings. The Morgan fingerprint density at radius 2 is 2.00 bits per heavy atom. The minimum absolute atomic E-state index is 0.170. The van der Waals surface area contributed by atoms with Crippen molar-refractivity contribution in [3.63, 3.8) is 0 Å². The van der Waals surface area contributed by atoms with Crippen LogP contribution in [0.5, 0.6) is 0 Å². The first-order valence-corrected chi connectivity index (χ1v) is 12.1. The van der Waals surface area contributed by atoms with Gasteiger partial charge in [-0.2, -0.15) is 0 Å². The summed E-state index contributed by atoms with van der Waals surface area (Å²) in [5.74, 6) is -0.170. The zero-order valence-electron chi connectivity index (χ0n) is 14.6. The van der Waals surface area contributed by atoms with Crippen LogP contribution in [0.25, 0.3) is 11.2 Å². The third-order valence-electron chi connectivity index (χ3n) is 4.63. The van der Waals surface area contributed by atoms with Crippen LogP contribution in [-0.2, 0) is 29.4 Å². The summed E-state index contributed by atoms with van der Waals surface area (Å²) in [7, 11) is -3.59. The molecule has 3 aromatic rings. The van der Waals surface area contributed by atoms with Crippen molar-refractivity contribution in [1.82, 2.24) is 19.5 Å². The number of benzene rings is 1. The number of rotatable bonds is 5. The van der Waals surface area contributed by atoms with Crippen LogP contribution >= 0.6 is 34.4 Å². The molecule has 2 heterocycles. The second kappa shape index (κ2) is 7.30. The van der Waals surface area contributed by atoms with Gasteiger partial charge in [-0.1, -0.05) is 11.8 Å². The van der Waals surface area contributed by atoms with E-state index in [4.69, 9.17) is 10.1 Å². The van der Waals surface area contributed by atoms with Crippen LogP contribution in [0, 0.1) is 10.5 Å². The Labute approximate surface area is 175 Å². The maximum absolute atomic E-state index is 11.5. The van der Waals surface area contributed by atoms with Crippen molar-refractivity contribution < 1.29 is 8.42 Å². The number of hydrogen-bond acceptors (Lipinski definition) is 6. The number of primary sulfonamides is 1. The Morgan fingerprint density at radius 1 is 1.26 bits per heavy atom. The summed E-state index contributed by atoms with van der Waals surface area (Å²) >= 11 is 3.88. The summed E-state index contributed by atoms with van der Waals surface area (Å²) in [6, 6.07) is 4.48. The molecule has 0 aliphatic heterocycles. The van der Waals surface area contributed by atoms with Crippen LogP contribution in [0.2, 0.25) is 0 Å². The second-order valence-electron chi connectivity index (χ2n) is 6.55. The van der Waals surface area contributed by atoms with E-state index in [1.54, 1.807) is 0 Å². The van der Waals surface area contributed by atoms with Crippen molar-refractivity contribution in [2.45, 2.75) is 42.8 Å². The zero-order valence-corrected chi connectivity index (χ0v) is 18.4. The van der Waals surface area contributed by atoms with Crippen molar-refractivity contribution in [3.05, 3.63) is 38.9 Å². The lowest BCUT2D eigenvalue weighted by Gasteiger charge is -2.10. The van der Waals surface area contributed by atoms with E-state index in [0.717, 1.165) is 23.4 Å². The third kappa shape index (κ3) is 3.98. The molecule has 0 unspecified atom stereocenters. The van der Waals surface area contributed by atoms with Gasteiger partial charge in [0.2, 0.25) is 10.0 Å². The molecular formula is C17H18IN5O2S2. The molecule has 1 aliphatic carbocycles. The standard InChI is InChI=1S/C17H18IN5O2S2/c1-10-15-16(21-9-20-10)23(5-6-27(19,24)25)17(22-15)26-14-8-12-4-2-3-11(12)7-13(14)18/h7-9H,2-6H2,1H3,(H2,19,24,25). The van der Waals surface area contributed by atoms with Crippen LogP contribution in [-0.4, -0.2) is 33.7 Å². The first-order chi connectivity index (χ1) is 12.8. The van der Waals surface area contributed by atoms with Crippen molar-refractivity contribution in [1.29, 1.82) is 0 Å². The van der Waals surface area contributed by atoms with Gasteiger partial charge < -0.3 is 4.57 Å². The summed E-state index contributed by atoms with van der Waals surface area (Å²) in [4.78, 5) is 14.3. The summed E-state index contributed by atoms with van der Waals surface area (Å²) in [6.07, 6.45) is 4.91. The molecule has 0 amide bonds. The topological polar surface area (TPSA) is 104 Å². The Hall–Kier alpha value is -1.24. The molecule has 0 bridgehead atoms. The number of aromatic nitrogens is 4. The molecule has 0 fully saturated rings. The number of fused-ring (bicyclic) bond motifs is 2. The maximum Gasteiger partial charge on any atom is 0.210 e. The number of halogens is 1. The van der Waals surface area contributed by atoms with Gasteiger partial charge in [-0.3, -0.25) is 0 Å². The van der Waals surface area contributed by atoms with Crippen LogP contribution < -0.4 is 5.14 Å². The Morgan fingerprint density at radius 3 is 2.74 bits per heavy atom. The number of hydrogen-bond donors (Lipinski definition) is 1. The lowest BCUT2D eigenvalue weighted by molar-refractivity contribution is 0.587. The van der Waals surface area contributed by atoms with E-state index in [9.17, 15) is 8.42 Å². The highest BCUT2D eigenvalue weighted by Crippen LogP contribution is 2.36. The Kier molecular flexibility index (Phi) is 5.16. The molecule has 0 spiro atoms. The quantitative estimate of drug-likeness (QED) is 0.525. The van der Waals surface area contributed by atoms with Gasteiger partial charge in [0.05, 0.1) is 11.4 Å². The molecule has 0 saturated heterocycles. The smallest absolute Gasteiger partial charge is 0.210 e. The van der Waals surface area contributed by atoms with E-state index in [1.807, 2.05) is 11.5 Å². The fourth-order valence-corrected chi connectivity index (χ4v) is 5.55. The molecule has 0 atom stereocenters. The van der Waals surface area contributed by atoms with Crippen molar-refractivity contribution in [2.24, 2.45) is 5.14 Å². The third-order valence-corrected chi connectivity index (χ3v) is 7.69. The predicted octanol–water partition coefficient (Wildman–Crippen LogP) is 2.67. The highest BCUT2D eigenvalue weighted by Gasteiger charge is 2.20. The molecule has 4 rings (SSSR count). The molecule has 142 valence electrons. The fourth-order valence-electron chi connectivity index (χ4n) is 3.28. The number of sulfonamides is 1. The monoisotopic (exact) mass is 515 g/mol. The van der Waals surface area contributed by atoms with Gasteiger partial charge >= 0.3 is 0 Å². The molecule has 1 aromatic carbocycles. The van der Waals surface area contributed by atoms with Crippen LogP contribution in [0.15, 0.2) is 28.5 Å². The number of imidazole rings is 1. The molecule has 7 nitrogen and oxygen atoms in total. The minimum atomic E-state index is -3.59. The van der Waals surface area contributed by atoms with Gasteiger partial charge in [0.25, 0.3) is 0 Å². The molecule has 0 radical (unpaired) electrons. The predicted molar refractivity (Wildman–Crippen MR) is 113 cm³/mol. The fraction of sp³-hybridized carbons (Fsp3) is 0.353. The van der Waals surface area contributed by atoms with Gasteiger partial charge in [0, 0.05) is 15.0 Å². The normalized spacial score (nSPS) is 14.0. The highest BCUT2D eigenvalue weighted by molar-refractivity contribution is 14.1. The van der Waals surface area contributed by atoms with Crippen molar-refractivity contribution in [2.75, 3.05) is 5.75 Å². The van der Waals surface area contributed by atoms with Gasteiger partial charge in [0.1, 0.15) is 11.8 Å². The molecule has 10 heteroatoms. The zero-order chi connectivity index (χ0) is 19.2. The summed E-state index contributed by atoms with van der Waals surface area (Å²) < 4.78 is 26.0. The van der Waals surface area contributed by atoms with E-state index in [0.29, 0.717) is 16.3 Å². The van der Waals surface area contributed by atoms with Gasteiger partial charge in [-0.25, -0.2) is 28.5 Å². The van der Waals surface area contributed by atoms with Crippen molar-refractivity contribution in [3.8, 4) is 0 Å². The van der Waals surface area contributed by atoms with Gasteiger partial charge in [0.15, 0.2) is 10.8 Å². The van der Waals surface area contributed by atoms with E-state index >= 15 is 0 Å². The SMILES string of the molecule is Cc1ncnc2c1nc(Sc1cc3c(cc1I)CCC3)n2CCS(N)(=O)=O. The second-order valence-corrected chi connectivity index (χ2v) is 10.5. The number of aryl methyl sites for hydroxylation is 4. The first-order valence-electron chi connectivity index (χ1n) is 8.49. The Balaban J connectivity index is 1.78. The average Bonchev–Trinajstić information content (AvgIpc) is 3.17. The van der Waals surface area contributed by atoms with Crippen LogP contribution in [0.1, 0.15) is 23.2 Å². The summed E-state index contributed by atoms with van der Waals surface area (Å²) in [5.41, 5.74) is 4.89. The number of nitrogens with zero attached hydrogens (tertiary/aromatic N) is 4. The summed E-state index contributed by atoms with van der Waals surface area (Å²) in [6.45, 7) is 2.07. The molecule has 0 saturated carbocycles. The Bertz CT molecular complexity index is 1140. The molecular weight excluding hydrogens is 497 g/mol. The maximum atomic E-state index is 11.5. The van der Waals surface area contributed by atoms with Gasteiger partial charge in [-0.05, 0) is 72.0 Å². The van der Waals surface area contributed by atoms with E-state index in [2.05, 4.69) is 44.7 Å². The lowest BCUT2D eigenvalue weighted by atomic mass is 10.1. The lowest BCUT2D eigenvalue weighted by Crippen LogP contribution is -2.20. The van der Waals surface area contributed by atoms with E-state index in [1.165, 1.54) is 39.2 Å². The molecule has 2 N–H and O–H groups in total. The van der Waals surface area contributed by atoms with Gasteiger partial charge in [-0.15, -0.1) is 0 Å². The van der Waals surface area contributed by atoms with Crippen LogP contribution in [0.4, 0.5) is 0 Å². The van der Waals surface area contributed by atoms with E-state index < -0.39 is 10.0 Å². The molecule has 2 aromatic heterocycles. The minimum Gasteiger partial charge on any atom is -0.302 e. The largest absolute Gasteiger partial charge is 0.302 e. The number of nitrogens with two attached hydrogens (primary N) is 1. The first kappa shape index (κ1) is 19.1.